The first-order chi connectivity index (χ1) is 17.5. The highest BCUT2D eigenvalue weighted by Gasteiger charge is 2.33. The monoisotopic (exact) mass is 488 g/mol. The van der Waals surface area contributed by atoms with Crippen LogP contribution in [0.2, 0.25) is 0 Å². The molecule has 0 amide bonds. The molecule has 0 unspecified atom stereocenters. The summed E-state index contributed by atoms with van der Waals surface area (Å²) in [6.07, 6.45) is 0. The molecule has 5 aromatic carbocycles. The van der Waals surface area contributed by atoms with E-state index in [0.717, 1.165) is 44.5 Å². The molecule has 0 N–H and O–H groups in total. The molecule has 0 atom stereocenters. The Morgan fingerprint density at radius 1 is 0.556 bits per heavy atom. The van der Waals surface area contributed by atoms with Crippen LogP contribution in [-0.4, -0.2) is 8.42 Å². The average Bonchev–Trinajstić information content (AvgIpc) is 3.24. The molecule has 6 rings (SSSR count). The topological polar surface area (TPSA) is 43.4 Å². The maximum absolute atomic E-state index is 13.5. The van der Waals surface area contributed by atoms with Crippen molar-refractivity contribution >= 4 is 10.1 Å². The van der Waals surface area contributed by atoms with Crippen LogP contribution in [0.3, 0.4) is 0 Å². The smallest absolute Gasteiger partial charge is 0.339 e. The fourth-order valence-corrected chi connectivity index (χ4v) is 6.04. The molecule has 0 radical (unpaired) electrons. The largest absolute Gasteiger partial charge is 0.378 e. The van der Waals surface area contributed by atoms with Gasteiger partial charge in [-0.1, -0.05) is 115 Å². The Morgan fingerprint density at radius 2 is 1.08 bits per heavy atom. The lowest BCUT2D eigenvalue weighted by atomic mass is 9.87. The zero-order valence-electron chi connectivity index (χ0n) is 19.8. The third-order valence-corrected chi connectivity index (χ3v) is 8.01. The SMILES string of the molecule is Cc1ccc(S(=O)(=O)Oc2c(-c3ccccc3)cccc2C2c3ccccc3-c3ccccc32)cc1. The summed E-state index contributed by atoms with van der Waals surface area (Å²) >= 11 is 0. The van der Waals surface area contributed by atoms with Crippen LogP contribution in [0.5, 0.6) is 5.75 Å². The summed E-state index contributed by atoms with van der Waals surface area (Å²) in [7, 11) is -4.07. The summed E-state index contributed by atoms with van der Waals surface area (Å²) in [6, 6.07) is 39.0. The van der Waals surface area contributed by atoms with E-state index < -0.39 is 10.1 Å². The van der Waals surface area contributed by atoms with E-state index >= 15 is 0 Å². The number of hydrogen-bond donors (Lipinski definition) is 0. The summed E-state index contributed by atoms with van der Waals surface area (Å²) in [4.78, 5) is 0.133. The molecule has 36 heavy (non-hydrogen) atoms. The predicted molar refractivity (Wildman–Crippen MR) is 144 cm³/mol. The third-order valence-electron chi connectivity index (χ3n) is 6.78. The van der Waals surface area contributed by atoms with Crippen molar-refractivity contribution in [3.63, 3.8) is 0 Å². The minimum atomic E-state index is -4.07. The van der Waals surface area contributed by atoms with Crippen LogP contribution in [-0.2, 0) is 10.1 Å². The van der Waals surface area contributed by atoms with Gasteiger partial charge in [0.15, 0.2) is 5.75 Å². The van der Waals surface area contributed by atoms with Gasteiger partial charge in [0.05, 0.1) is 0 Å². The molecular weight excluding hydrogens is 464 g/mol. The molecule has 3 nitrogen and oxygen atoms in total. The van der Waals surface area contributed by atoms with Crippen molar-refractivity contribution in [1.29, 1.82) is 0 Å². The van der Waals surface area contributed by atoms with E-state index in [1.807, 2.05) is 79.7 Å². The third kappa shape index (κ3) is 3.80. The van der Waals surface area contributed by atoms with E-state index in [0.29, 0.717) is 5.75 Å². The summed E-state index contributed by atoms with van der Waals surface area (Å²) in [5.74, 6) is 0.213. The minimum Gasteiger partial charge on any atom is -0.378 e. The van der Waals surface area contributed by atoms with Gasteiger partial charge in [0.25, 0.3) is 0 Å². The van der Waals surface area contributed by atoms with E-state index in [1.165, 1.54) is 0 Å². The molecule has 0 heterocycles. The first-order valence-corrected chi connectivity index (χ1v) is 13.3. The van der Waals surface area contributed by atoms with Gasteiger partial charge in [0.1, 0.15) is 4.90 Å². The van der Waals surface area contributed by atoms with Crippen LogP contribution in [0.15, 0.2) is 126 Å². The van der Waals surface area contributed by atoms with Crippen molar-refractivity contribution in [2.45, 2.75) is 17.7 Å². The number of fused-ring (bicyclic) bond motifs is 3. The van der Waals surface area contributed by atoms with Gasteiger partial charge in [-0.15, -0.1) is 0 Å². The van der Waals surface area contributed by atoms with Gasteiger partial charge in [-0.2, -0.15) is 8.42 Å². The lowest BCUT2D eigenvalue weighted by molar-refractivity contribution is 0.483. The van der Waals surface area contributed by atoms with Crippen LogP contribution >= 0.6 is 0 Å². The lowest BCUT2D eigenvalue weighted by Gasteiger charge is -2.21. The normalized spacial score (nSPS) is 12.7. The summed E-state index contributed by atoms with van der Waals surface area (Å²) < 4.78 is 33.1. The Balaban J connectivity index is 1.59. The molecule has 0 saturated carbocycles. The van der Waals surface area contributed by atoms with E-state index in [1.54, 1.807) is 24.3 Å². The molecule has 176 valence electrons. The maximum atomic E-state index is 13.5. The van der Waals surface area contributed by atoms with Crippen molar-refractivity contribution in [2.75, 3.05) is 0 Å². The quantitative estimate of drug-likeness (QED) is 0.235. The lowest BCUT2D eigenvalue weighted by Crippen LogP contribution is -2.13. The summed E-state index contributed by atoms with van der Waals surface area (Å²) in [5, 5.41) is 0. The van der Waals surface area contributed by atoms with E-state index in [9.17, 15) is 8.42 Å². The van der Waals surface area contributed by atoms with Crippen molar-refractivity contribution < 1.29 is 12.6 Å². The molecule has 0 spiro atoms. The van der Waals surface area contributed by atoms with Crippen molar-refractivity contribution in [3.8, 4) is 28.0 Å². The second-order valence-corrected chi connectivity index (χ2v) is 10.6. The summed E-state index contributed by atoms with van der Waals surface area (Å²) in [6.45, 7) is 1.93. The number of aryl methyl sites for hydroxylation is 1. The Labute approximate surface area is 211 Å². The van der Waals surface area contributed by atoms with Gasteiger partial charge >= 0.3 is 10.1 Å². The minimum absolute atomic E-state index is 0.133. The molecule has 0 saturated heterocycles. The van der Waals surface area contributed by atoms with Crippen LogP contribution in [0.1, 0.15) is 28.2 Å². The van der Waals surface area contributed by atoms with Crippen LogP contribution < -0.4 is 4.18 Å². The molecule has 4 heteroatoms. The standard InChI is InChI=1S/C32H24O3S/c1-22-18-20-24(21-19-22)36(33,34)35-32-25(23-10-3-2-4-11-23)16-9-17-30(32)31-28-14-7-5-12-26(28)27-13-6-8-15-29(27)31/h2-21,31H,1H3. The fraction of sp³-hybridized carbons (Fsp3) is 0.0625. The van der Waals surface area contributed by atoms with Crippen LogP contribution in [0.25, 0.3) is 22.3 Å². The molecule has 0 aromatic heterocycles. The highest BCUT2D eigenvalue weighted by atomic mass is 32.2. The van der Waals surface area contributed by atoms with Gasteiger partial charge in [0, 0.05) is 17.0 Å². The molecule has 0 aliphatic heterocycles. The van der Waals surface area contributed by atoms with Gasteiger partial charge < -0.3 is 4.18 Å². The van der Waals surface area contributed by atoms with Crippen molar-refractivity contribution in [1.82, 2.24) is 0 Å². The van der Waals surface area contributed by atoms with Gasteiger partial charge in [0.2, 0.25) is 0 Å². The molecule has 1 aliphatic rings. The van der Waals surface area contributed by atoms with Crippen molar-refractivity contribution in [2.24, 2.45) is 0 Å². The highest BCUT2D eigenvalue weighted by molar-refractivity contribution is 7.87. The number of para-hydroxylation sites is 1. The number of rotatable bonds is 5. The zero-order chi connectivity index (χ0) is 24.7. The van der Waals surface area contributed by atoms with E-state index in [4.69, 9.17) is 4.18 Å². The molecule has 1 aliphatic carbocycles. The fourth-order valence-electron chi connectivity index (χ4n) is 5.07. The Hall–Kier alpha value is -4.15. The predicted octanol–water partition coefficient (Wildman–Crippen LogP) is 7.59. The molecule has 0 bridgehead atoms. The zero-order valence-corrected chi connectivity index (χ0v) is 20.6. The van der Waals surface area contributed by atoms with Crippen molar-refractivity contribution in [3.05, 3.63) is 144 Å². The second kappa shape index (κ2) is 8.81. The van der Waals surface area contributed by atoms with Gasteiger partial charge in [-0.05, 0) is 46.9 Å². The van der Waals surface area contributed by atoms with Gasteiger partial charge in [-0.25, -0.2) is 0 Å². The van der Waals surface area contributed by atoms with Gasteiger partial charge in [-0.3, -0.25) is 0 Å². The maximum Gasteiger partial charge on any atom is 0.339 e. The first-order valence-electron chi connectivity index (χ1n) is 11.9. The Bertz CT molecular complexity index is 1630. The van der Waals surface area contributed by atoms with Crippen LogP contribution in [0, 0.1) is 6.92 Å². The second-order valence-electron chi connectivity index (χ2n) is 9.05. The van der Waals surface area contributed by atoms with Crippen LogP contribution in [0.4, 0.5) is 0 Å². The Kier molecular flexibility index (Phi) is 5.46. The molecule has 0 fully saturated rings. The van der Waals surface area contributed by atoms with E-state index in [2.05, 4.69) is 24.3 Å². The number of hydrogen-bond acceptors (Lipinski definition) is 3. The Morgan fingerprint density at radius 3 is 1.72 bits per heavy atom. The van der Waals surface area contributed by atoms with E-state index in [-0.39, 0.29) is 10.8 Å². The molecular formula is C32H24O3S. The average molecular weight is 489 g/mol. The summed E-state index contributed by atoms with van der Waals surface area (Å²) in [5.41, 5.74) is 8.05. The molecule has 5 aromatic rings. The number of benzene rings is 5. The first kappa shape index (κ1) is 22.3. The highest BCUT2D eigenvalue weighted by Crippen LogP contribution is 2.51.